The van der Waals surface area contributed by atoms with E-state index in [4.69, 9.17) is 27.9 Å². The van der Waals surface area contributed by atoms with Gasteiger partial charge in [-0.05, 0) is 58.4 Å². The summed E-state index contributed by atoms with van der Waals surface area (Å²) in [6, 6.07) is 5.64. The molecule has 0 aliphatic carbocycles. The van der Waals surface area contributed by atoms with Gasteiger partial charge in [0.15, 0.2) is 0 Å². The summed E-state index contributed by atoms with van der Waals surface area (Å²) < 4.78 is 5.18. The Hall–Kier alpha value is -0.970. The predicted molar refractivity (Wildman–Crippen MR) is 91.9 cm³/mol. The van der Waals surface area contributed by atoms with Crippen LogP contribution in [0.4, 0.5) is 4.79 Å². The molecule has 0 aliphatic rings. The van der Waals surface area contributed by atoms with E-state index < -0.39 is 11.7 Å². The molecule has 1 atom stereocenters. The highest BCUT2D eigenvalue weighted by Crippen LogP contribution is 2.21. The molecule has 4 nitrogen and oxygen atoms in total. The van der Waals surface area contributed by atoms with Gasteiger partial charge < -0.3 is 15.4 Å². The molecule has 22 heavy (non-hydrogen) atoms. The Morgan fingerprint density at radius 2 is 2.00 bits per heavy atom. The lowest BCUT2D eigenvalue weighted by Gasteiger charge is -2.21. The third-order valence-corrected chi connectivity index (χ3v) is 3.44. The zero-order valence-corrected chi connectivity index (χ0v) is 15.0. The van der Waals surface area contributed by atoms with Crippen LogP contribution in [0.25, 0.3) is 0 Å². The number of carbonyl (C=O) groups is 1. The molecular weight excluding hydrogens is 323 g/mol. The van der Waals surface area contributed by atoms with Gasteiger partial charge in [0, 0.05) is 22.6 Å². The number of hydrogen-bond acceptors (Lipinski definition) is 3. The fourth-order valence-corrected chi connectivity index (χ4v) is 2.30. The summed E-state index contributed by atoms with van der Waals surface area (Å²) in [4.78, 5) is 11.5. The third kappa shape index (κ3) is 7.87. The van der Waals surface area contributed by atoms with Crippen molar-refractivity contribution in [2.75, 3.05) is 13.1 Å². The van der Waals surface area contributed by atoms with Crippen LogP contribution in [0, 0.1) is 0 Å². The first-order valence-corrected chi connectivity index (χ1v) is 8.07. The van der Waals surface area contributed by atoms with Crippen LogP contribution in [0.3, 0.4) is 0 Å². The van der Waals surface area contributed by atoms with Crippen LogP contribution in [-0.4, -0.2) is 30.8 Å². The first-order valence-electron chi connectivity index (χ1n) is 7.31. The van der Waals surface area contributed by atoms with Gasteiger partial charge in [0.05, 0.1) is 0 Å². The van der Waals surface area contributed by atoms with E-state index in [1.165, 1.54) is 0 Å². The Balaban J connectivity index is 2.26. The average molecular weight is 347 g/mol. The molecule has 1 aromatic carbocycles. The molecule has 0 fully saturated rings. The average Bonchev–Trinajstić information content (AvgIpc) is 2.37. The lowest BCUT2D eigenvalue weighted by Crippen LogP contribution is -2.41. The molecule has 0 saturated carbocycles. The van der Waals surface area contributed by atoms with E-state index in [1.807, 2.05) is 39.8 Å². The van der Waals surface area contributed by atoms with Gasteiger partial charge >= 0.3 is 6.09 Å². The van der Waals surface area contributed by atoms with E-state index in [1.54, 1.807) is 6.07 Å². The molecule has 0 aliphatic heterocycles. The van der Waals surface area contributed by atoms with Gasteiger partial charge in [-0.1, -0.05) is 29.3 Å². The highest BCUT2D eigenvalue weighted by Gasteiger charge is 2.16. The third-order valence-electron chi connectivity index (χ3n) is 2.85. The van der Waals surface area contributed by atoms with Crippen molar-refractivity contribution in [1.29, 1.82) is 0 Å². The van der Waals surface area contributed by atoms with E-state index in [0.29, 0.717) is 16.6 Å². The minimum atomic E-state index is -0.480. The van der Waals surface area contributed by atoms with Crippen LogP contribution >= 0.6 is 23.2 Å². The topological polar surface area (TPSA) is 50.4 Å². The lowest BCUT2D eigenvalue weighted by atomic mass is 10.1. The molecule has 1 aromatic rings. The summed E-state index contributed by atoms with van der Waals surface area (Å²) in [5.41, 5.74) is 0.567. The molecule has 2 N–H and O–H groups in total. The van der Waals surface area contributed by atoms with Crippen molar-refractivity contribution in [1.82, 2.24) is 10.6 Å². The minimum Gasteiger partial charge on any atom is -0.444 e. The van der Waals surface area contributed by atoms with Gasteiger partial charge in [-0.15, -0.1) is 0 Å². The van der Waals surface area contributed by atoms with Crippen molar-refractivity contribution in [2.45, 2.75) is 45.8 Å². The number of nitrogens with one attached hydrogen (secondary N) is 2. The van der Waals surface area contributed by atoms with Crippen molar-refractivity contribution < 1.29 is 9.53 Å². The molecule has 1 rings (SSSR count). The standard InChI is InChI=1S/C16H24Cl2N2O2/c1-11(10-20-15(21)22-16(2,3)4)19-8-7-12-5-6-13(17)9-14(12)18/h5-6,9,11,19H,7-8,10H2,1-4H3,(H,20,21). The number of benzene rings is 1. The summed E-state index contributed by atoms with van der Waals surface area (Å²) in [7, 11) is 0. The highest BCUT2D eigenvalue weighted by atomic mass is 35.5. The SMILES string of the molecule is CC(CNC(=O)OC(C)(C)C)NCCc1ccc(Cl)cc1Cl. The molecule has 1 unspecified atom stereocenters. The first-order chi connectivity index (χ1) is 10.2. The van der Waals surface area contributed by atoms with E-state index in [-0.39, 0.29) is 6.04 Å². The van der Waals surface area contributed by atoms with Crippen LogP contribution in [0.5, 0.6) is 0 Å². The minimum absolute atomic E-state index is 0.138. The first kappa shape index (κ1) is 19.1. The summed E-state index contributed by atoms with van der Waals surface area (Å²) in [6.07, 6.45) is 0.397. The maximum absolute atomic E-state index is 11.5. The van der Waals surface area contributed by atoms with Crippen molar-refractivity contribution in [3.05, 3.63) is 33.8 Å². The van der Waals surface area contributed by atoms with Crippen molar-refractivity contribution in [3.8, 4) is 0 Å². The summed E-state index contributed by atoms with van der Waals surface area (Å²) in [5, 5.41) is 7.38. The number of carbonyl (C=O) groups excluding carboxylic acids is 1. The second kappa shape index (κ2) is 8.61. The maximum Gasteiger partial charge on any atom is 0.407 e. The van der Waals surface area contributed by atoms with Gasteiger partial charge in [-0.2, -0.15) is 0 Å². The van der Waals surface area contributed by atoms with Gasteiger partial charge in [0.25, 0.3) is 0 Å². The van der Waals surface area contributed by atoms with Crippen LogP contribution in [0.15, 0.2) is 18.2 Å². The highest BCUT2D eigenvalue weighted by molar-refractivity contribution is 6.35. The molecule has 6 heteroatoms. The van der Waals surface area contributed by atoms with E-state index in [9.17, 15) is 4.79 Å². The van der Waals surface area contributed by atoms with Crippen LogP contribution in [0.1, 0.15) is 33.3 Å². The van der Waals surface area contributed by atoms with Crippen LogP contribution < -0.4 is 10.6 Å². The van der Waals surface area contributed by atoms with Crippen LogP contribution in [-0.2, 0) is 11.2 Å². The normalized spacial score (nSPS) is 12.8. The van der Waals surface area contributed by atoms with Gasteiger partial charge in [-0.3, -0.25) is 0 Å². The number of ether oxygens (including phenoxy) is 1. The van der Waals surface area contributed by atoms with E-state index >= 15 is 0 Å². The van der Waals surface area contributed by atoms with Crippen LogP contribution in [0.2, 0.25) is 10.0 Å². The van der Waals surface area contributed by atoms with Gasteiger partial charge in [0.1, 0.15) is 5.60 Å². The number of halogens is 2. The summed E-state index contributed by atoms with van der Waals surface area (Å²) in [6.45, 7) is 8.78. The van der Waals surface area contributed by atoms with Crippen molar-refractivity contribution in [3.63, 3.8) is 0 Å². The summed E-state index contributed by atoms with van der Waals surface area (Å²) in [5.74, 6) is 0. The number of rotatable bonds is 6. The second-order valence-corrected chi connectivity index (χ2v) is 7.07. The Kier molecular flexibility index (Phi) is 7.46. The van der Waals surface area contributed by atoms with E-state index in [2.05, 4.69) is 10.6 Å². The molecule has 0 radical (unpaired) electrons. The zero-order valence-electron chi connectivity index (χ0n) is 13.5. The Labute approximate surface area is 142 Å². The molecule has 1 amide bonds. The summed E-state index contributed by atoms with van der Waals surface area (Å²) >= 11 is 12.0. The molecular formula is C16H24Cl2N2O2. The molecule has 124 valence electrons. The van der Waals surface area contributed by atoms with Gasteiger partial charge in [0.2, 0.25) is 0 Å². The Bertz CT molecular complexity index is 501. The second-order valence-electron chi connectivity index (χ2n) is 6.22. The molecule has 0 saturated heterocycles. The largest absolute Gasteiger partial charge is 0.444 e. The Morgan fingerprint density at radius 3 is 2.59 bits per heavy atom. The smallest absolute Gasteiger partial charge is 0.407 e. The predicted octanol–water partition coefficient (Wildman–Crippen LogP) is 4.04. The Morgan fingerprint density at radius 1 is 1.32 bits per heavy atom. The molecule has 0 heterocycles. The zero-order chi connectivity index (χ0) is 16.8. The number of amides is 1. The van der Waals surface area contributed by atoms with Gasteiger partial charge in [-0.25, -0.2) is 4.79 Å². The van der Waals surface area contributed by atoms with Crippen molar-refractivity contribution >= 4 is 29.3 Å². The maximum atomic E-state index is 11.5. The molecule has 0 bridgehead atoms. The fraction of sp³-hybridized carbons (Fsp3) is 0.562. The quantitative estimate of drug-likeness (QED) is 0.817. The molecule has 0 spiro atoms. The van der Waals surface area contributed by atoms with Crippen molar-refractivity contribution in [2.24, 2.45) is 0 Å². The monoisotopic (exact) mass is 346 g/mol. The number of alkyl carbamates (subject to hydrolysis) is 1. The fourth-order valence-electron chi connectivity index (χ4n) is 1.80. The van der Waals surface area contributed by atoms with E-state index in [0.717, 1.165) is 18.5 Å². The number of hydrogen-bond donors (Lipinski definition) is 2. The lowest BCUT2D eigenvalue weighted by molar-refractivity contribution is 0.0523. The molecule has 0 aromatic heterocycles.